The molecule has 2 aromatic rings. The summed E-state index contributed by atoms with van der Waals surface area (Å²) in [5.74, 6) is 1.89. The minimum atomic E-state index is 0.293. The number of pyridine rings is 1. The molecule has 122 valence electrons. The highest BCUT2D eigenvalue weighted by atomic mass is 15.2. The van der Waals surface area contributed by atoms with Gasteiger partial charge in [0.2, 0.25) is 0 Å². The van der Waals surface area contributed by atoms with Crippen LogP contribution in [-0.2, 0) is 6.54 Å². The lowest BCUT2D eigenvalue weighted by atomic mass is 10.1. The van der Waals surface area contributed by atoms with Crippen LogP contribution in [-0.4, -0.2) is 40.5 Å². The number of hydrogen-bond donors (Lipinski definition) is 0. The van der Waals surface area contributed by atoms with Gasteiger partial charge in [0.25, 0.3) is 0 Å². The minimum absolute atomic E-state index is 0.293. The van der Waals surface area contributed by atoms with Crippen LogP contribution in [0.4, 0.5) is 5.82 Å². The minimum Gasteiger partial charge on any atom is -0.348 e. The van der Waals surface area contributed by atoms with Crippen molar-refractivity contribution >= 4 is 5.82 Å². The van der Waals surface area contributed by atoms with E-state index in [4.69, 9.17) is 9.97 Å². The summed E-state index contributed by atoms with van der Waals surface area (Å²) in [6.07, 6.45) is 4.27. The third-order valence-electron chi connectivity index (χ3n) is 4.24. The van der Waals surface area contributed by atoms with E-state index < -0.39 is 0 Å². The number of hydrogen-bond acceptors (Lipinski definition) is 5. The summed E-state index contributed by atoms with van der Waals surface area (Å²) in [5.41, 5.74) is 3.43. The standard InChI is InChI=1S/C18H25N5/c1-13-7-5-9-17(20-13)23-10-6-8-16(23)18-15(12-22(3)4)11-19-14(2)21-18/h5,7,9,11,16H,6,8,10,12H2,1-4H3/t16-/m1/s1. The highest BCUT2D eigenvalue weighted by Gasteiger charge is 2.30. The molecule has 0 spiro atoms. The van der Waals surface area contributed by atoms with Gasteiger partial charge in [-0.2, -0.15) is 0 Å². The molecule has 1 aliphatic rings. The van der Waals surface area contributed by atoms with Gasteiger partial charge < -0.3 is 9.80 Å². The second-order valence-electron chi connectivity index (χ2n) is 6.55. The molecule has 1 aliphatic heterocycles. The van der Waals surface area contributed by atoms with Crippen molar-refractivity contribution in [2.24, 2.45) is 0 Å². The van der Waals surface area contributed by atoms with E-state index in [0.717, 1.165) is 42.5 Å². The van der Waals surface area contributed by atoms with Crippen molar-refractivity contribution in [2.45, 2.75) is 39.3 Å². The Hall–Kier alpha value is -2.01. The molecule has 0 bridgehead atoms. The van der Waals surface area contributed by atoms with Crippen molar-refractivity contribution in [3.05, 3.63) is 47.2 Å². The summed E-state index contributed by atoms with van der Waals surface area (Å²) >= 11 is 0. The normalized spacial score (nSPS) is 18.0. The van der Waals surface area contributed by atoms with E-state index in [-0.39, 0.29) is 0 Å². The summed E-state index contributed by atoms with van der Waals surface area (Å²) in [6, 6.07) is 6.52. The highest BCUT2D eigenvalue weighted by molar-refractivity contribution is 5.44. The van der Waals surface area contributed by atoms with Crippen LogP contribution in [0, 0.1) is 13.8 Å². The van der Waals surface area contributed by atoms with E-state index in [1.54, 1.807) is 0 Å². The van der Waals surface area contributed by atoms with Gasteiger partial charge in [-0.05, 0) is 52.9 Å². The Balaban J connectivity index is 1.98. The van der Waals surface area contributed by atoms with E-state index in [0.29, 0.717) is 6.04 Å². The summed E-state index contributed by atoms with van der Waals surface area (Å²) in [4.78, 5) is 18.5. The lowest BCUT2D eigenvalue weighted by molar-refractivity contribution is 0.397. The molecule has 0 radical (unpaired) electrons. The smallest absolute Gasteiger partial charge is 0.129 e. The lowest BCUT2D eigenvalue weighted by Crippen LogP contribution is -2.26. The summed E-state index contributed by atoms with van der Waals surface area (Å²) in [6.45, 7) is 5.90. The average molecular weight is 311 g/mol. The van der Waals surface area contributed by atoms with Gasteiger partial charge in [0.15, 0.2) is 0 Å². The Morgan fingerprint density at radius 3 is 2.78 bits per heavy atom. The first kappa shape index (κ1) is 15.9. The Morgan fingerprint density at radius 2 is 2.04 bits per heavy atom. The van der Waals surface area contributed by atoms with Crippen LogP contribution in [0.25, 0.3) is 0 Å². The molecule has 0 aliphatic carbocycles. The van der Waals surface area contributed by atoms with E-state index in [2.05, 4.69) is 41.0 Å². The van der Waals surface area contributed by atoms with E-state index >= 15 is 0 Å². The first-order valence-corrected chi connectivity index (χ1v) is 8.22. The van der Waals surface area contributed by atoms with Gasteiger partial charge >= 0.3 is 0 Å². The van der Waals surface area contributed by atoms with Gasteiger partial charge in [0.1, 0.15) is 11.6 Å². The number of rotatable bonds is 4. The van der Waals surface area contributed by atoms with Gasteiger partial charge in [0, 0.05) is 30.5 Å². The first-order valence-electron chi connectivity index (χ1n) is 8.22. The van der Waals surface area contributed by atoms with Crippen LogP contribution in [0.5, 0.6) is 0 Å². The molecule has 0 saturated carbocycles. The van der Waals surface area contributed by atoms with Crippen LogP contribution >= 0.6 is 0 Å². The van der Waals surface area contributed by atoms with Crippen LogP contribution in [0.1, 0.15) is 41.7 Å². The monoisotopic (exact) mass is 311 g/mol. The Kier molecular flexibility index (Phi) is 4.57. The predicted octanol–water partition coefficient (Wildman–Crippen LogP) is 2.89. The van der Waals surface area contributed by atoms with Crippen molar-refractivity contribution < 1.29 is 0 Å². The van der Waals surface area contributed by atoms with Gasteiger partial charge in [-0.1, -0.05) is 6.07 Å². The zero-order valence-corrected chi connectivity index (χ0v) is 14.5. The highest BCUT2D eigenvalue weighted by Crippen LogP contribution is 2.36. The maximum atomic E-state index is 4.80. The van der Waals surface area contributed by atoms with Crippen molar-refractivity contribution in [3.8, 4) is 0 Å². The zero-order chi connectivity index (χ0) is 16.4. The predicted molar refractivity (Wildman–Crippen MR) is 92.5 cm³/mol. The molecule has 0 N–H and O–H groups in total. The molecule has 2 aromatic heterocycles. The summed E-state index contributed by atoms with van der Waals surface area (Å²) in [5, 5.41) is 0. The van der Waals surface area contributed by atoms with Crippen LogP contribution in [0.15, 0.2) is 24.4 Å². The topological polar surface area (TPSA) is 45.2 Å². The third kappa shape index (κ3) is 3.50. The molecular formula is C18H25N5. The summed E-state index contributed by atoms with van der Waals surface area (Å²) < 4.78 is 0. The van der Waals surface area contributed by atoms with E-state index in [9.17, 15) is 0 Å². The number of aromatic nitrogens is 3. The van der Waals surface area contributed by atoms with Crippen molar-refractivity contribution in [2.75, 3.05) is 25.5 Å². The largest absolute Gasteiger partial charge is 0.348 e. The van der Waals surface area contributed by atoms with Crippen molar-refractivity contribution in [1.82, 2.24) is 19.9 Å². The molecule has 1 fully saturated rings. The van der Waals surface area contributed by atoms with Gasteiger partial charge in [0.05, 0.1) is 11.7 Å². The molecule has 1 saturated heterocycles. The fraction of sp³-hybridized carbons (Fsp3) is 0.500. The SMILES string of the molecule is Cc1cccc(N2CCC[C@@H]2c2nc(C)ncc2CN(C)C)n1. The molecule has 3 rings (SSSR count). The fourth-order valence-electron chi connectivity index (χ4n) is 3.28. The second-order valence-corrected chi connectivity index (χ2v) is 6.55. The molecule has 0 unspecified atom stereocenters. The van der Waals surface area contributed by atoms with Crippen LogP contribution in [0.3, 0.4) is 0 Å². The van der Waals surface area contributed by atoms with Gasteiger partial charge in [-0.15, -0.1) is 0 Å². The van der Waals surface area contributed by atoms with Gasteiger partial charge in [-0.3, -0.25) is 0 Å². The maximum Gasteiger partial charge on any atom is 0.129 e. The van der Waals surface area contributed by atoms with Gasteiger partial charge in [-0.25, -0.2) is 15.0 Å². The molecule has 5 heteroatoms. The molecule has 5 nitrogen and oxygen atoms in total. The van der Waals surface area contributed by atoms with Crippen LogP contribution in [0.2, 0.25) is 0 Å². The number of aryl methyl sites for hydroxylation is 2. The molecule has 3 heterocycles. The summed E-state index contributed by atoms with van der Waals surface area (Å²) in [7, 11) is 4.16. The molecule has 0 aromatic carbocycles. The molecule has 0 amide bonds. The molecule has 1 atom stereocenters. The van der Waals surface area contributed by atoms with Crippen molar-refractivity contribution in [3.63, 3.8) is 0 Å². The Labute approximate surface area is 138 Å². The number of anilines is 1. The fourth-order valence-corrected chi connectivity index (χ4v) is 3.28. The Morgan fingerprint density at radius 1 is 1.22 bits per heavy atom. The lowest BCUT2D eigenvalue weighted by Gasteiger charge is -2.27. The second kappa shape index (κ2) is 6.62. The quantitative estimate of drug-likeness (QED) is 0.869. The first-order chi connectivity index (χ1) is 11.0. The van der Waals surface area contributed by atoms with E-state index in [1.165, 1.54) is 12.0 Å². The zero-order valence-electron chi connectivity index (χ0n) is 14.5. The number of nitrogens with zero attached hydrogens (tertiary/aromatic N) is 5. The Bertz CT molecular complexity index is 683. The van der Waals surface area contributed by atoms with E-state index in [1.807, 2.05) is 26.1 Å². The maximum absolute atomic E-state index is 4.80. The third-order valence-corrected chi connectivity index (χ3v) is 4.24. The van der Waals surface area contributed by atoms with Crippen molar-refractivity contribution in [1.29, 1.82) is 0 Å². The molecule has 23 heavy (non-hydrogen) atoms. The average Bonchev–Trinajstić information content (AvgIpc) is 2.98. The van der Waals surface area contributed by atoms with Crippen LogP contribution < -0.4 is 4.90 Å². The molecular weight excluding hydrogens is 286 g/mol.